The van der Waals surface area contributed by atoms with Gasteiger partial charge in [0.25, 0.3) is 0 Å². The standard InChI is InChI=1S/C48H89NO13/c1-3-5-7-9-11-13-15-16-17-18-19-20-21-22-23-25-27-29-31-37(52)36(49-40(53)32-30-28-26-24-14-12-10-8-6-4-2)35-59-47-45(58)43(56)46(39(34-51)61-47)62-48-44(57)42(55)41(54)38(33-50)60-48/h22-23,29,31,36-39,41-48,50-52,54-58H,3-21,24-28,30,32-35H2,1-2H3,(H,49,53)/b23-22+,31-29+. The summed E-state index contributed by atoms with van der Waals surface area (Å²) in [4.78, 5) is 13.1. The van der Waals surface area contributed by atoms with Gasteiger partial charge in [0.2, 0.25) is 5.91 Å². The lowest BCUT2D eigenvalue weighted by molar-refractivity contribution is -0.359. The fraction of sp³-hybridized carbons (Fsp3) is 0.896. The van der Waals surface area contributed by atoms with Crippen molar-refractivity contribution in [3.63, 3.8) is 0 Å². The van der Waals surface area contributed by atoms with Gasteiger partial charge >= 0.3 is 0 Å². The zero-order chi connectivity index (χ0) is 45.4. The fourth-order valence-electron chi connectivity index (χ4n) is 8.07. The molecule has 364 valence electrons. The molecule has 0 bridgehead atoms. The van der Waals surface area contributed by atoms with Crippen LogP contribution in [0.4, 0.5) is 0 Å². The molecule has 12 atom stereocenters. The Kier molecular flexibility index (Phi) is 32.6. The summed E-state index contributed by atoms with van der Waals surface area (Å²) in [5.74, 6) is -0.252. The van der Waals surface area contributed by atoms with Gasteiger partial charge < -0.3 is 65.1 Å². The minimum Gasteiger partial charge on any atom is -0.394 e. The Bertz CT molecular complexity index is 1140. The second-order valence-corrected chi connectivity index (χ2v) is 17.6. The van der Waals surface area contributed by atoms with E-state index < -0.39 is 86.8 Å². The molecule has 0 spiro atoms. The highest BCUT2D eigenvalue weighted by atomic mass is 16.7. The molecule has 62 heavy (non-hydrogen) atoms. The Morgan fingerprint density at radius 2 is 1.03 bits per heavy atom. The van der Waals surface area contributed by atoms with Crippen molar-refractivity contribution in [1.29, 1.82) is 0 Å². The van der Waals surface area contributed by atoms with Crippen LogP contribution >= 0.6 is 0 Å². The highest BCUT2D eigenvalue weighted by Gasteiger charge is 2.51. The van der Waals surface area contributed by atoms with Crippen LogP contribution in [-0.4, -0.2) is 140 Å². The smallest absolute Gasteiger partial charge is 0.220 e. The lowest BCUT2D eigenvalue weighted by Crippen LogP contribution is -2.65. The number of carbonyl (C=O) groups excluding carboxylic acids is 1. The summed E-state index contributed by atoms with van der Waals surface area (Å²) >= 11 is 0. The van der Waals surface area contributed by atoms with Crippen molar-refractivity contribution in [2.75, 3.05) is 19.8 Å². The molecule has 0 aromatic carbocycles. The fourth-order valence-corrected chi connectivity index (χ4v) is 8.07. The van der Waals surface area contributed by atoms with Crippen molar-refractivity contribution in [3.05, 3.63) is 24.3 Å². The minimum atomic E-state index is -1.79. The number of aliphatic hydroxyl groups is 8. The zero-order valence-electron chi connectivity index (χ0n) is 38.4. The van der Waals surface area contributed by atoms with Crippen LogP contribution in [0.5, 0.6) is 0 Å². The molecule has 2 aliphatic heterocycles. The van der Waals surface area contributed by atoms with Gasteiger partial charge in [0.1, 0.15) is 48.8 Å². The number of hydrogen-bond acceptors (Lipinski definition) is 13. The van der Waals surface area contributed by atoms with Crippen molar-refractivity contribution >= 4 is 5.91 Å². The molecule has 2 heterocycles. The maximum absolute atomic E-state index is 13.1. The molecule has 14 nitrogen and oxygen atoms in total. The normalized spacial score (nSPS) is 27.9. The SMILES string of the molecule is CCCCCCCCCCCCCC/C=C/CC/C=C/C(O)C(COC1OC(CO)C(OC2OC(CO)C(O)C(O)C2O)C(O)C1O)NC(=O)CCCCCCCCCCCC. The largest absolute Gasteiger partial charge is 0.394 e. The third-order valence-corrected chi connectivity index (χ3v) is 12.1. The Balaban J connectivity index is 1.87. The second kappa shape index (κ2) is 35.7. The van der Waals surface area contributed by atoms with Crippen LogP contribution in [0.25, 0.3) is 0 Å². The molecule has 2 fully saturated rings. The summed E-state index contributed by atoms with van der Waals surface area (Å²) in [6, 6.07) is -0.924. The highest BCUT2D eigenvalue weighted by molar-refractivity contribution is 5.76. The number of carbonyl (C=O) groups is 1. The van der Waals surface area contributed by atoms with E-state index in [9.17, 15) is 45.6 Å². The Hall–Kier alpha value is -1.53. The summed E-state index contributed by atoms with van der Waals surface area (Å²) < 4.78 is 22.6. The van der Waals surface area contributed by atoms with Crippen LogP contribution in [-0.2, 0) is 23.7 Å². The monoisotopic (exact) mass is 888 g/mol. The van der Waals surface area contributed by atoms with Gasteiger partial charge in [-0.05, 0) is 32.1 Å². The number of rotatable bonds is 37. The molecule has 0 aromatic rings. The second-order valence-electron chi connectivity index (χ2n) is 17.6. The van der Waals surface area contributed by atoms with E-state index in [0.717, 1.165) is 32.1 Å². The van der Waals surface area contributed by atoms with E-state index in [4.69, 9.17) is 18.9 Å². The first-order chi connectivity index (χ1) is 30.1. The van der Waals surface area contributed by atoms with Gasteiger partial charge in [-0.15, -0.1) is 0 Å². The molecule has 9 N–H and O–H groups in total. The van der Waals surface area contributed by atoms with E-state index >= 15 is 0 Å². The van der Waals surface area contributed by atoms with Crippen molar-refractivity contribution in [2.45, 2.75) is 254 Å². The number of aliphatic hydroxyl groups excluding tert-OH is 8. The molecule has 0 aromatic heterocycles. The van der Waals surface area contributed by atoms with Crippen LogP contribution in [0, 0.1) is 0 Å². The molecule has 2 rings (SSSR count). The summed E-state index contributed by atoms with van der Waals surface area (Å²) in [7, 11) is 0. The highest BCUT2D eigenvalue weighted by Crippen LogP contribution is 2.30. The van der Waals surface area contributed by atoms with Crippen molar-refractivity contribution < 1.29 is 64.6 Å². The van der Waals surface area contributed by atoms with Crippen molar-refractivity contribution in [1.82, 2.24) is 5.32 Å². The van der Waals surface area contributed by atoms with E-state index in [1.807, 2.05) is 6.08 Å². The average molecular weight is 888 g/mol. The number of unbranched alkanes of at least 4 members (excludes halogenated alkanes) is 22. The molecule has 0 aliphatic carbocycles. The predicted octanol–water partition coefficient (Wildman–Crippen LogP) is 5.77. The Morgan fingerprint density at radius 3 is 1.58 bits per heavy atom. The lowest BCUT2D eigenvalue weighted by Gasteiger charge is -2.46. The molecule has 12 unspecified atom stereocenters. The molecule has 2 aliphatic rings. The molecular formula is C48H89NO13. The minimum absolute atomic E-state index is 0.252. The van der Waals surface area contributed by atoms with E-state index in [1.165, 1.54) is 116 Å². The molecule has 1 amide bonds. The van der Waals surface area contributed by atoms with Crippen LogP contribution in [0.2, 0.25) is 0 Å². The Labute approximate surface area is 373 Å². The van der Waals surface area contributed by atoms with Gasteiger partial charge in [-0.3, -0.25) is 4.79 Å². The summed E-state index contributed by atoms with van der Waals surface area (Å²) in [6.07, 6.45) is 20.9. The first-order valence-electron chi connectivity index (χ1n) is 24.6. The average Bonchev–Trinajstić information content (AvgIpc) is 3.27. The number of nitrogens with one attached hydrogen (secondary N) is 1. The van der Waals surface area contributed by atoms with Crippen molar-refractivity contribution in [3.8, 4) is 0 Å². The summed E-state index contributed by atoms with van der Waals surface area (Å²) in [5, 5.41) is 86.5. The van der Waals surface area contributed by atoms with Crippen molar-refractivity contribution in [2.24, 2.45) is 0 Å². The first kappa shape index (κ1) is 56.6. The molecule has 2 saturated heterocycles. The van der Waals surface area contributed by atoms with Gasteiger partial charge in [-0.25, -0.2) is 0 Å². The maximum Gasteiger partial charge on any atom is 0.220 e. The van der Waals surface area contributed by atoms with Crippen LogP contribution < -0.4 is 5.32 Å². The van der Waals surface area contributed by atoms with E-state index in [0.29, 0.717) is 12.8 Å². The first-order valence-corrected chi connectivity index (χ1v) is 24.6. The third-order valence-electron chi connectivity index (χ3n) is 12.1. The maximum atomic E-state index is 13.1. The van der Waals surface area contributed by atoms with E-state index in [-0.39, 0.29) is 18.9 Å². The van der Waals surface area contributed by atoms with E-state index in [2.05, 4.69) is 31.3 Å². The van der Waals surface area contributed by atoms with Gasteiger partial charge in [-0.2, -0.15) is 0 Å². The lowest BCUT2D eigenvalue weighted by atomic mass is 9.97. The number of hydrogen-bond donors (Lipinski definition) is 9. The van der Waals surface area contributed by atoms with Crippen LogP contribution in [0.15, 0.2) is 24.3 Å². The third kappa shape index (κ3) is 23.1. The van der Waals surface area contributed by atoms with E-state index in [1.54, 1.807) is 6.08 Å². The number of ether oxygens (including phenoxy) is 4. The molecule has 0 radical (unpaired) electrons. The van der Waals surface area contributed by atoms with Crippen LogP contribution in [0.1, 0.15) is 181 Å². The zero-order valence-corrected chi connectivity index (χ0v) is 38.4. The summed E-state index contributed by atoms with van der Waals surface area (Å²) in [5.41, 5.74) is 0. The summed E-state index contributed by atoms with van der Waals surface area (Å²) in [6.45, 7) is 2.74. The Morgan fingerprint density at radius 1 is 0.565 bits per heavy atom. The predicted molar refractivity (Wildman–Crippen MR) is 240 cm³/mol. The molecule has 14 heteroatoms. The quantitative estimate of drug-likeness (QED) is 0.0267. The molecular weight excluding hydrogens is 799 g/mol. The van der Waals surface area contributed by atoms with Crippen LogP contribution in [0.3, 0.4) is 0 Å². The topological polar surface area (TPSA) is 228 Å². The molecule has 0 saturated carbocycles. The number of amides is 1. The van der Waals surface area contributed by atoms with Gasteiger partial charge in [0.15, 0.2) is 12.6 Å². The van der Waals surface area contributed by atoms with Gasteiger partial charge in [0, 0.05) is 6.42 Å². The van der Waals surface area contributed by atoms with Gasteiger partial charge in [0.05, 0.1) is 32.0 Å². The number of allylic oxidation sites excluding steroid dienone is 3. The van der Waals surface area contributed by atoms with Gasteiger partial charge in [-0.1, -0.05) is 167 Å².